The summed E-state index contributed by atoms with van der Waals surface area (Å²) >= 11 is 0. The van der Waals surface area contributed by atoms with Gasteiger partial charge in [0.05, 0.1) is 5.71 Å². The molecule has 0 saturated heterocycles. The van der Waals surface area contributed by atoms with E-state index in [0.29, 0.717) is 0 Å². The molecule has 0 saturated carbocycles. The van der Waals surface area contributed by atoms with Gasteiger partial charge in [0.25, 0.3) is 5.91 Å². The van der Waals surface area contributed by atoms with Crippen molar-refractivity contribution >= 4 is 17.3 Å². The average molecular weight is 186 g/mol. The number of para-hydroxylation sites is 1. The van der Waals surface area contributed by atoms with E-state index in [1.165, 1.54) is 0 Å². The molecule has 2 aliphatic rings. The SMILES string of the molecule is CC1=NC12C(=O)N(C)c1ccccc12. The fourth-order valence-corrected chi connectivity index (χ4v) is 2.22. The van der Waals surface area contributed by atoms with Crippen LogP contribution in [0, 0.1) is 0 Å². The molecule has 0 aromatic heterocycles. The average Bonchev–Trinajstić information content (AvgIpc) is 2.84. The summed E-state index contributed by atoms with van der Waals surface area (Å²) in [5.74, 6) is 0.0798. The molecule has 3 heteroatoms. The largest absolute Gasteiger partial charge is 0.312 e. The molecule has 3 nitrogen and oxygen atoms in total. The number of anilines is 1. The molecule has 1 unspecified atom stereocenters. The third kappa shape index (κ3) is 0.617. The van der Waals surface area contributed by atoms with Crippen LogP contribution in [-0.4, -0.2) is 18.7 Å². The van der Waals surface area contributed by atoms with Crippen molar-refractivity contribution in [1.29, 1.82) is 0 Å². The molecule has 0 radical (unpaired) electrons. The van der Waals surface area contributed by atoms with E-state index < -0.39 is 5.54 Å². The minimum absolute atomic E-state index is 0.0798. The fourth-order valence-electron chi connectivity index (χ4n) is 2.22. The number of rotatable bonds is 0. The van der Waals surface area contributed by atoms with Crippen LogP contribution >= 0.6 is 0 Å². The van der Waals surface area contributed by atoms with Gasteiger partial charge in [-0.25, -0.2) is 0 Å². The molecule has 1 aromatic carbocycles. The van der Waals surface area contributed by atoms with E-state index in [1.54, 1.807) is 11.9 Å². The van der Waals surface area contributed by atoms with Gasteiger partial charge in [-0.1, -0.05) is 18.2 Å². The molecule has 1 aromatic rings. The van der Waals surface area contributed by atoms with Gasteiger partial charge in [-0.05, 0) is 13.0 Å². The highest BCUT2D eigenvalue weighted by molar-refractivity contribution is 6.29. The van der Waals surface area contributed by atoms with E-state index in [-0.39, 0.29) is 5.91 Å². The van der Waals surface area contributed by atoms with Gasteiger partial charge >= 0.3 is 0 Å². The Bertz CT molecular complexity index is 478. The van der Waals surface area contributed by atoms with Crippen LogP contribution in [0.5, 0.6) is 0 Å². The van der Waals surface area contributed by atoms with Crippen molar-refractivity contribution in [1.82, 2.24) is 0 Å². The van der Waals surface area contributed by atoms with Crippen molar-refractivity contribution in [2.24, 2.45) is 4.99 Å². The number of fused-ring (bicyclic) bond motifs is 2. The number of hydrogen-bond acceptors (Lipinski definition) is 2. The highest BCUT2D eigenvalue weighted by atomic mass is 16.2. The quantitative estimate of drug-likeness (QED) is 0.601. The van der Waals surface area contributed by atoms with Gasteiger partial charge in [0.15, 0.2) is 0 Å². The van der Waals surface area contributed by atoms with Crippen LogP contribution in [0.25, 0.3) is 0 Å². The van der Waals surface area contributed by atoms with Crippen LogP contribution in [0.15, 0.2) is 29.3 Å². The topological polar surface area (TPSA) is 32.7 Å². The van der Waals surface area contributed by atoms with Gasteiger partial charge < -0.3 is 4.90 Å². The molecule has 3 rings (SSSR count). The second kappa shape index (κ2) is 2.05. The van der Waals surface area contributed by atoms with Gasteiger partial charge in [0.2, 0.25) is 5.54 Å². The Labute approximate surface area is 82.1 Å². The molecule has 0 N–H and O–H groups in total. The smallest absolute Gasteiger partial charge is 0.265 e. The minimum atomic E-state index is -0.606. The first-order valence-electron chi connectivity index (χ1n) is 4.62. The molecule has 2 heterocycles. The van der Waals surface area contributed by atoms with Crippen LogP contribution in [0.4, 0.5) is 5.69 Å². The predicted molar refractivity (Wildman–Crippen MR) is 54.6 cm³/mol. The Hall–Kier alpha value is -1.64. The number of amides is 1. The zero-order chi connectivity index (χ0) is 9.92. The number of hydrogen-bond donors (Lipinski definition) is 0. The second-order valence-corrected chi connectivity index (χ2v) is 3.79. The Balaban J connectivity index is 2.25. The maximum absolute atomic E-state index is 12.0. The van der Waals surface area contributed by atoms with Gasteiger partial charge in [-0.2, -0.15) is 0 Å². The van der Waals surface area contributed by atoms with E-state index in [4.69, 9.17) is 0 Å². The molecule has 1 amide bonds. The summed E-state index contributed by atoms with van der Waals surface area (Å²) in [4.78, 5) is 17.9. The molecule has 1 spiro atoms. The molecule has 2 aliphatic heterocycles. The molecular formula is C11H10N2O. The number of benzene rings is 1. The van der Waals surface area contributed by atoms with Crippen molar-refractivity contribution in [3.05, 3.63) is 29.8 Å². The lowest BCUT2D eigenvalue weighted by atomic mass is 9.96. The summed E-state index contributed by atoms with van der Waals surface area (Å²) in [7, 11) is 1.80. The van der Waals surface area contributed by atoms with Crippen molar-refractivity contribution in [3.8, 4) is 0 Å². The van der Waals surface area contributed by atoms with Crippen molar-refractivity contribution in [3.63, 3.8) is 0 Å². The van der Waals surface area contributed by atoms with Gasteiger partial charge in [-0.3, -0.25) is 9.79 Å². The monoisotopic (exact) mass is 186 g/mol. The number of likely N-dealkylation sites (N-methyl/N-ethyl adjacent to an activating group) is 1. The standard InChI is InChI=1S/C11H10N2O/c1-7-11(12-7)8-5-3-4-6-9(8)13(2)10(11)14/h3-6H,1-2H3. The first-order valence-corrected chi connectivity index (χ1v) is 4.62. The lowest BCUT2D eigenvalue weighted by molar-refractivity contribution is -0.119. The van der Waals surface area contributed by atoms with E-state index >= 15 is 0 Å². The molecule has 0 fully saturated rings. The fraction of sp³-hybridized carbons (Fsp3) is 0.273. The van der Waals surface area contributed by atoms with E-state index in [2.05, 4.69) is 4.99 Å². The van der Waals surface area contributed by atoms with Crippen LogP contribution in [0.3, 0.4) is 0 Å². The van der Waals surface area contributed by atoms with Crippen LogP contribution in [-0.2, 0) is 10.3 Å². The minimum Gasteiger partial charge on any atom is -0.312 e. The van der Waals surface area contributed by atoms with E-state index in [1.807, 2.05) is 31.2 Å². The van der Waals surface area contributed by atoms with E-state index in [9.17, 15) is 4.79 Å². The second-order valence-electron chi connectivity index (χ2n) is 3.79. The predicted octanol–water partition coefficient (Wildman–Crippen LogP) is 1.33. The van der Waals surface area contributed by atoms with Gasteiger partial charge in [0.1, 0.15) is 0 Å². The van der Waals surface area contributed by atoms with Crippen molar-refractivity contribution < 1.29 is 4.79 Å². The maximum Gasteiger partial charge on any atom is 0.265 e. The van der Waals surface area contributed by atoms with E-state index in [0.717, 1.165) is 17.0 Å². The first-order chi connectivity index (χ1) is 6.68. The molecular weight excluding hydrogens is 176 g/mol. The third-order valence-electron chi connectivity index (χ3n) is 3.08. The molecule has 1 atom stereocenters. The molecule has 14 heavy (non-hydrogen) atoms. The Morgan fingerprint density at radius 3 is 2.64 bits per heavy atom. The maximum atomic E-state index is 12.0. The number of aliphatic imine (C=N–C) groups is 1. The normalized spacial score (nSPS) is 28.0. The van der Waals surface area contributed by atoms with Crippen LogP contribution < -0.4 is 4.90 Å². The van der Waals surface area contributed by atoms with Crippen molar-refractivity contribution in [2.45, 2.75) is 12.5 Å². The van der Waals surface area contributed by atoms with Crippen molar-refractivity contribution in [2.75, 3.05) is 11.9 Å². The lowest BCUT2D eigenvalue weighted by Crippen LogP contribution is -2.31. The van der Waals surface area contributed by atoms with Crippen LogP contribution in [0.1, 0.15) is 12.5 Å². The number of carbonyl (C=O) groups is 1. The summed E-state index contributed by atoms with van der Waals surface area (Å²) in [6, 6.07) is 7.84. The zero-order valence-corrected chi connectivity index (χ0v) is 8.11. The number of nitrogens with zero attached hydrogens (tertiary/aromatic N) is 2. The molecule has 0 bridgehead atoms. The Morgan fingerprint density at radius 2 is 2.00 bits per heavy atom. The summed E-state index contributed by atoms with van der Waals surface area (Å²) < 4.78 is 0. The Morgan fingerprint density at radius 1 is 1.36 bits per heavy atom. The summed E-state index contributed by atoms with van der Waals surface area (Å²) in [6.45, 7) is 1.91. The highest BCUT2D eigenvalue weighted by Gasteiger charge is 2.59. The Kier molecular flexibility index (Phi) is 1.14. The first kappa shape index (κ1) is 7.74. The summed E-state index contributed by atoms with van der Waals surface area (Å²) in [5.41, 5.74) is 2.34. The molecule has 0 aliphatic carbocycles. The lowest BCUT2D eigenvalue weighted by Gasteiger charge is -2.08. The highest BCUT2D eigenvalue weighted by Crippen LogP contribution is 2.50. The van der Waals surface area contributed by atoms with Crippen LogP contribution in [0.2, 0.25) is 0 Å². The van der Waals surface area contributed by atoms with Gasteiger partial charge in [-0.15, -0.1) is 0 Å². The molecule has 70 valence electrons. The summed E-state index contributed by atoms with van der Waals surface area (Å²) in [5, 5.41) is 0. The zero-order valence-electron chi connectivity index (χ0n) is 8.11. The van der Waals surface area contributed by atoms with Gasteiger partial charge in [0, 0.05) is 18.3 Å². The summed E-state index contributed by atoms with van der Waals surface area (Å²) in [6.07, 6.45) is 0. The number of carbonyl (C=O) groups excluding carboxylic acids is 1. The third-order valence-corrected chi connectivity index (χ3v) is 3.08.